The molecule has 0 fully saturated rings. The van der Waals surface area contributed by atoms with Crippen molar-refractivity contribution < 1.29 is 4.79 Å². The van der Waals surface area contributed by atoms with E-state index < -0.39 is 0 Å². The van der Waals surface area contributed by atoms with Gasteiger partial charge in [-0.3, -0.25) is 10.1 Å². The van der Waals surface area contributed by atoms with E-state index >= 15 is 0 Å². The lowest BCUT2D eigenvalue weighted by Crippen LogP contribution is -2.07. The zero-order chi connectivity index (χ0) is 20.3. The number of aryl methyl sites for hydroxylation is 3. The molecular formula is C24H26N2OS. The van der Waals surface area contributed by atoms with E-state index in [2.05, 4.69) is 68.3 Å². The Balaban J connectivity index is 1.69. The van der Waals surface area contributed by atoms with Crippen molar-refractivity contribution in [3.05, 3.63) is 75.7 Å². The van der Waals surface area contributed by atoms with Crippen LogP contribution in [0.5, 0.6) is 0 Å². The topological polar surface area (TPSA) is 42.0 Å². The smallest absolute Gasteiger partial charge is 0.250 e. The minimum atomic E-state index is -0.173. The molecule has 28 heavy (non-hydrogen) atoms. The van der Waals surface area contributed by atoms with Crippen LogP contribution in [-0.2, 0) is 4.79 Å². The third kappa shape index (κ3) is 4.76. The number of thiazole rings is 1. The highest BCUT2D eigenvalue weighted by Crippen LogP contribution is 2.31. The maximum Gasteiger partial charge on any atom is 0.250 e. The molecule has 1 aromatic heterocycles. The predicted octanol–water partition coefficient (Wildman–Crippen LogP) is 6.51. The van der Waals surface area contributed by atoms with Gasteiger partial charge in [0.15, 0.2) is 5.13 Å². The maximum atomic E-state index is 12.3. The van der Waals surface area contributed by atoms with E-state index in [0.29, 0.717) is 11.0 Å². The standard InChI is InChI=1S/C24H26N2OS/c1-15(2)20-11-7-19(8-12-20)9-13-22(27)25-24-26-23(18(5)28-24)21-10-6-16(3)17(4)14-21/h6-15H,1-5H3,(H,25,26,27)/b13-9+. The lowest BCUT2D eigenvalue weighted by atomic mass is 10.0. The molecule has 0 radical (unpaired) electrons. The van der Waals surface area contributed by atoms with Crippen molar-refractivity contribution in [2.24, 2.45) is 0 Å². The number of nitrogens with zero attached hydrogens (tertiary/aromatic N) is 1. The van der Waals surface area contributed by atoms with Crippen LogP contribution in [0.1, 0.15) is 46.9 Å². The largest absolute Gasteiger partial charge is 0.298 e. The van der Waals surface area contributed by atoms with Gasteiger partial charge in [0.2, 0.25) is 5.91 Å². The van der Waals surface area contributed by atoms with Crippen LogP contribution >= 0.6 is 11.3 Å². The Morgan fingerprint density at radius 2 is 1.75 bits per heavy atom. The second kappa shape index (κ2) is 8.53. The molecule has 4 heteroatoms. The molecule has 0 saturated heterocycles. The molecule has 0 spiro atoms. The maximum absolute atomic E-state index is 12.3. The number of carbonyl (C=O) groups excluding carboxylic acids is 1. The molecule has 0 aliphatic carbocycles. The van der Waals surface area contributed by atoms with Gasteiger partial charge in [0.1, 0.15) is 0 Å². The molecule has 1 heterocycles. The first-order valence-corrected chi connectivity index (χ1v) is 10.3. The molecule has 1 N–H and O–H groups in total. The number of hydrogen-bond donors (Lipinski definition) is 1. The Morgan fingerprint density at radius 3 is 2.39 bits per heavy atom. The number of aromatic nitrogens is 1. The first-order chi connectivity index (χ1) is 13.3. The Hall–Kier alpha value is -2.72. The summed E-state index contributed by atoms with van der Waals surface area (Å²) in [6.07, 6.45) is 3.38. The van der Waals surface area contributed by atoms with E-state index in [1.165, 1.54) is 28.0 Å². The fourth-order valence-corrected chi connectivity index (χ4v) is 3.76. The molecule has 3 nitrogen and oxygen atoms in total. The zero-order valence-corrected chi connectivity index (χ0v) is 17.9. The first-order valence-electron chi connectivity index (χ1n) is 9.47. The van der Waals surface area contributed by atoms with Gasteiger partial charge in [0, 0.05) is 16.5 Å². The van der Waals surface area contributed by atoms with E-state index in [1.807, 2.05) is 25.1 Å². The van der Waals surface area contributed by atoms with Gasteiger partial charge >= 0.3 is 0 Å². The third-order valence-corrected chi connectivity index (χ3v) is 5.72. The van der Waals surface area contributed by atoms with Crippen LogP contribution in [0, 0.1) is 20.8 Å². The van der Waals surface area contributed by atoms with Crippen LogP contribution in [0.4, 0.5) is 5.13 Å². The van der Waals surface area contributed by atoms with Crippen LogP contribution in [0.15, 0.2) is 48.5 Å². The summed E-state index contributed by atoms with van der Waals surface area (Å²) >= 11 is 1.50. The lowest BCUT2D eigenvalue weighted by molar-refractivity contribution is -0.111. The average Bonchev–Trinajstić information content (AvgIpc) is 3.02. The van der Waals surface area contributed by atoms with Gasteiger partial charge < -0.3 is 0 Å². The van der Waals surface area contributed by atoms with Gasteiger partial charge in [0.05, 0.1) is 5.69 Å². The van der Waals surface area contributed by atoms with Gasteiger partial charge in [-0.15, -0.1) is 11.3 Å². The number of benzene rings is 2. The van der Waals surface area contributed by atoms with Crippen LogP contribution in [0.3, 0.4) is 0 Å². The molecule has 1 amide bonds. The number of rotatable bonds is 5. The molecule has 0 atom stereocenters. The SMILES string of the molecule is Cc1ccc(-c2nc(NC(=O)/C=C/c3ccc(C(C)C)cc3)sc2C)cc1C. The summed E-state index contributed by atoms with van der Waals surface area (Å²) in [7, 11) is 0. The summed E-state index contributed by atoms with van der Waals surface area (Å²) < 4.78 is 0. The van der Waals surface area contributed by atoms with Crippen molar-refractivity contribution in [1.82, 2.24) is 4.98 Å². The van der Waals surface area contributed by atoms with Crippen molar-refractivity contribution >= 4 is 28.5 Å². The summed E-state index contributed by atoms with van der Waals surface area (Å²) in [6.45, 7) is 10.6. The van der Waals surface area contributed by atoms with Crippen LogP contribution in [0.2, 0.25) is 0 Å². The Kier molecular flexibility index (Phi) is 6.10. The predicted molar refractivity (Wildman–Crippen MR) is 120 cm³/mol. The van der Waals surface area contributed by atoms with Crippen LogP contribution in [-0.4, -0.2) is 10.9 Å². The second-order valence-corrected chi connectivity index (χ2v) is 8.57. The van der Waals surface area contributed by atoms with Gasteiger partial charge in [-0.25, -0.2) is 4.98 Å². The summed E-state index contributed by atoms with van der Waals surface area (Å²) in [5, 5.41) is 3.50. The monoisotopic (exact) mass is 390 g/mol. The minimum absolute atomic E-state index is 0.173. The van der Waals surface area contributed by atoms with Crippen molar-refractivity contribution in [3.63, 3.8) is 0 Å². The Morgan fingerprint density at radius 1 is 1.04 bits per heavy atom. The molecular weight excluding hydrogens is 364 g/mol. The van der Waals surface area contributed by atoms with Crippen LogP contribution < -0.4 is 5.32 Å². The number of carbonyl (C=O) groups is 1. The van der Waals surface area contributed by atoms with E-state index in [0.717, 1.165) is 21.7 Å². The minimum Gasteiger partial charge on any atom is -0.298 e. The normalized spacial score (nSPS) is 11.4. The zero-order valence-electron chi connectivity index (χ0n) is 17.0. The highest BCUT2D eigenvalue weighted by molar-refractivity contribution is 7.16. The van der Waals surface area contributed by atoms with Crippen molar-refractivity contribution in [2.75, 3.05) is 5.32 Å². The average molecular weight is 391 g/mol. The highest BCUT2D eigenvalue weighted by Gasteiger charge is 2.12. The van der Waals surface area contributed by atoms with E-state index in [1.54, 1.807) is 6.08 Å². The summed E-state index contributed by atoms with van der Waals surface area (Å²) in [5.74, 6) is 0.328. The van der Waals surface area contributed by atoms with Gasteiger partial charge in [-0.1, -0.05) is 50.2 Å². The molecule has 3 rings (SSSR count). The second-order valence-electron chi connectivity index (χ2n) is 7.37. The summed E-state index contributed by atoms with van der Waals surface area (Å²) in [6, 6.07) is 14.6. The third-order valence-electron chi connectivity index (χ3n) is 4.84. The first kappa shape index (κ1) is 20.0. The summed E-state index contributed by atoms with van der Waals surface area (Å²) in [4.78, 5) is 18.0. The fraction of sp³-hybridized carbons (Fsp3) is 0.250. The molecule has 0 bridgehead atoms. The summed E-state index contributed by atoms with van der Waals surface area (Å²) in [5.41, 5.74) is 6.80. The van der Waals surface area contributed by atoms with Crippen LogP contribution in [0.25, 0.3) is 17.3 Å². The van der Waals surface area contributed by atoms with Gasteiger partial charge in [-0.2, -0.15) is 0 Å². The van der Waals surface area contributed by atoms with Crippen molar-refractivity contribution in [2.45, 2.75) is 40.5 Å². The van der Waals surface area contributed by atoms with E-state index in [9.17, 15) is 4.79 Å². The fourth-order valence-electron chi connectivity index (χ4n) is 2.92. The van der Waals surface area contributed by atoms with E-state index in [-0.39, 0.29) is 5.91 Å². The number of nitrogens with one attached hydrogen (secondary N) is 1. The molecule has 0 aliphatic heterocycles. The van der Waals surface area contributed by atoms with E-state index in [4.69, 9.17) is 0 Å². The Bertz CT molecular complexity index is 1010. The van der Waals surface area contributed by atoms with Gasteiger partial charge in [-0.05, 0) is 61.1 Å². The van der Waals surface area contributed by atoms with Crippen molar-refractivity contribution in [3.8, 4) is 11.3 Å². The number of amides is 1. The molecule has 0 aliphatic rings. The molecule has 2 aromatic carbocycles. The molecule has 0 unspecified atom stereocenters. The van der Waals surface area contributed by atoms with Crippen molar-refractivity contribution in [1.29, 1.82) is 0 Å². The molecule has 0 saturated carbocycles. The lowest BCUT2D eigenvalue weighted by Gasteiger charge is -2.04. The molecule has 144 valence electrons. The number of hydrogen-bond acceptors (Lipinski definition) is 3. The van der Waals surface area contributed by atoms with Gasteiger partial charge in [0.25, 0.3) is 0 Å². The quantitative estimate of drug-likeness (QED) is 0.505. The highest BCUT2D eigenvalue weighted by atomic mass is 32.1. The Labute approximate surface area is 171 Å². The number of anilines is 1. The molecule has 3 aromatic rings.